The second-order valence-corrected chi connectivity index (χ2v) is 7.18. The molecule has 6 heteroatoms. The number of carboxylic acid groups (broad SMARTS) is 1. The smallest absolute Gasteiger partial charge is 0.323 e. The van der Waals surface area contributed by atoms with Crippen molar-refractivity contribution in [2.24, 2.45) is 0 Å². The summed E-state index contributed by atoms with van der Waals surface area (Å²) >= 11 is 0. The van der Waals surface area contributed by atoms with Gasteiger partial charge in [-0.3, -0.25) is 9.59 Å². The number of carboxylic acids is 1. The van der Waals surface area contributed by atoms with E-state index in [1.54, 1.807) is 4.57 Å². The van der Waals surface area contributed by atoms with Crippen molar-refractivity contribution in [2.45, 2.75) is 57.0 Å². The van der Waals surface area contributed by atoms with Gasteiger partial charge in [-0.25, -0.2) is 4.98 Å². The second-order valence-electron chi connectivity index (χ2n) is 7.18. The number of para-hydroxylation sites is 2. The van der Waals surface area contributed by atoms with Crippen LogP contribution in [0.15, 0.2) is 24.3 Å². The summed E-state index contributed by atoms with van der Waals surface area (Å²) in [5.41, 5.74) is 1.62. The van der Waals surface area contributed by atoms with Gasteiger partial charge < -0.3 is 14.6 Å². The number of benzene rings is 1. The van der Waals surface area contributed by atoms with Gasteiger partial charge in [-0.15, -0.1) is 0 Å². The number of aliphatic carboxylic acids is 1. The number of hydrogen-bond donors (Lipinski definition) is 1. The van der Waals surface area contributed by atoms with Gasteiger partial charge in [0.2, 0.25) is 5.91 Å². The molecule has 1 aliphatic heterocycles. The van der Waals surface area contributed by atoms with E-state index in [1.807, 2.05) is 29.2 Å². The molecular weight excluding hydrogens is 318 g/mol. The van der Waals surface area contributed by atoms with Gasteiger partial charge in [0.15, 0.2) is 0 Å². The minimum Gasteiger partial charge on any atom is -0.480 e. The maximum Gasteiger partial charge on any atom is 0.323 e. The molecule has 25 heavy (non-hydrogen) atoms. The lowest BCUT2D eigenvalue weighted by atomic mass is 9.94. The number of rotatable bonds is 4. The zero-order valence-corrected chi connectivity index (χ0v) is 14.2. The fraction of sp³-hybridized carbons (Fsp3) is 0.526. The van der Waals surface area contributed by atoms with Crippen molar-refractivity contribution in [2.75, 3.05) is 6.54 Å². The molecule has 1 N–H and O–H groups in total. The molecule has 1 saturated heterocycles. The van der Waals surface area contributed by atoms with E-state index < -0.39 is 5.97 Å². The van der Waals surface area contributed by atoms with Crippen molar-refractivity contribution in [1.82, 2.24) is 14.5 Å². The van der Waals surface area contributed by atoms with Gasteiger partial charge in [-0.2, -0.15) is 0 Å². The van der Waals surface area contributed by atoms with Gasteiger partial charge in [0, 0.05) is 24.9 Å². The number of imidazole rings is 1. The summed E-state index contributed by atoms with van der Waals surface area (Å²) in [7, 11) is 0. The van der Waals surface area contributed by atoms with E-state index >= 15 is 0 Å². The number of aromatic nitrogens is 2. The molecule has 132 valence electrons. The third-order valence-electron chi connectivity index (χ3n) is 5.52. The summed E-state index contributed by atoms with van der Waals surface area (Å²) in [5, 5.41) is 9.29. The maximum absolute atomic E-state index is 12.6. The Labute approximate surface area is 146 Å². The molecular formula is C19H23N3O3. The molecule has 1 atom stereocenters. The zero-order chi connectivity index (χ0) is 17.4. The first-order valence-corrected chi connectivity index (χ1v) is 9.10. The lowest BCUT2D eigenvalue weighted by Gasteiger charge is -2.31. The molecule has 1 amide bonds. The van der Waals surface area contributed by atoms with Crippen molar-refractivity contribution in [3.63, 3.8) is 0 Å². The fourth-order valence-electron chi connectivity index (χ4n) is 4.36. The normalized spacial score (nSPS) is 22.0. The first-order valence-electron chi connectivity index (χ1n) is 9.10. The number of hydrogen-bond acceptors (Lipinski definition) is 3. The molecule has 2 fully saturated rings. The van der Waals surface area contributed by atoms with Crippen LogP contribution < -0.4 is 0 Å². The Hall–Kier alpha value is -2.37. The highest BCUT2D eigenvalue weighted by molar-refractivity contribution is 5.82. The van der Waals surface area contributed by atoms with Crippen LogP contribution >= 0.6 is 0 Å². The van der Waals surface area contributed by atoms with E-state index in [-0.39, 0.29) is 18.4 Å². The minimum atomic E-state index is -0.891. The van der Waals surface area contributed by atoms with Crippen LogP contribution in [0.25, 0.3) is 11.0 Å². The first-order chi connectivity index (χ1) is 12.1. The summed E-state index contributed by atoms with van der Waals surface area (Å²) in [5.74, 6) is 0.000121. The van der Waals surface area contributed by atoms with E-state index in [4.69, 9.17) is 0 Å². The van der Waals surface area contributed by atoms with Gasteiger partial charge in [-0.05, 0) is 25.0 Å². The summed E-state index contributed by atoms with van der Waals surface area (Å²) in [6.45, 7) is 0.538. The predicted molar refractivity (Wildman–Crippen MR) is 93.3 cm³/mol. The second kappa shape index (κ2) is 6.50. The van der Waals surface area contributed by atoms with Crippen LogP contribution in [0.5, 0.6) is 0 Å². The lowest BCUT2D eigenvalue weighted by Crippen LogP contribution is -2.37. The van der Waals surface area contributed by atoms with E-state index in [0.29, 0.717) is 19.0 Å². The highest BCUT2D eigenvalue weighted by Gasteiger charge is 2.37. The molecule has 1 aromatic carbocycles. The fourth-order valence-corrected chi connectivity index (χ4v) is 4.36. The van der Waals surface area contributed by atoms with E-state index in [9.17, 15) is 14.7 Å². The van der Waals surface area contributed by atoms with E-state index in [2.05, 4.69) is 4.98 Å². The minimum absolute atomic E-state index is 0.0267. The highest BCUT2D eigenvalue weighted by atomic mass is 16.4. The number of carbonyl (C=O) groups excluding carboxylic acids is 1. The van der Waals surface area contributed by atoms with Crippen molar-refractivity contribution in [3.8, 4) is 0 Å². The van der Waals surface area contributed by atoms with Crippen LogP contribution in [0.4, 0.5) is 0 Å². The largest absolute Gasteiger partial charge is 0.480 e. The molecule has 1 aromatic heterocycles. The Morgan fingerprint density at radius 2 is 1.96 bits per heavy atom. The van der Waals surface area contributed by atoms with Gasteiger partial charge in [0.1, 0.15) is 12.4 Å². The molecule has 0 radical (unpaired) electrons. The molecule has 2 aromatic rings. The standard InChI is InChI=1S/C19H23N3O3/c23-17-10-13(11-21(17)14-6-2-1-3-7-14)19-20-15-8-4-5-9-16(15)22(19)12-18(24)25/h4-5,8-9,13-14H,1-3,6-7,10-12H2,(H,24,25)/t13-/m0/s1. The molecule has 0 unspecified atom stereocenters. The Kier molecular flexibility index (Phi) is 4.19. The van der Waals surface area contributed by atoms with Gasteiger partial charge in [0.25, 0.3) is 0 Å². The number of amides is 1. The zero-order valence-electron chi connectivity index (χ0n) is 14.2. The average Bonchev–Trinajstić information content (AvgIpc) is 3.16. The van der Waals surface area contributed by atoms with Crippen molar-refractivity contribution >= 4 is 22.9 Å². The molecule has 2 heterocycles. The summed E-state index contributed by atoms with van der Waals surface area (Å²) in [6, 6.07) is 7.93. The molecule has 1 saturated carbocycles. The van der Waals surface area contributed by atoms with Gasteiger partial charge in [0.05, 0.1) is 11.0 Å². The summed E-state index contributed by atoms with van der Waals surface area (Å²) < 4.78 is 1.76. The van der Waals surface area contributed by atoms with Crippen molar-refractivity contribution < 1.29 is 14.7 Å². The molecule has 1 aliphatic carbocycles. The van der Waals surface area contributed by atoms with Crippen molar-refractivity contribution in [1.29, 1.82) is 0 Å². The summed E-state index contributed by atoms with van der Waals surface area (Å²) in [6.07, 6.45) is 6.25. The first kappa shape index (κ1) is 16.1. The number of likely N-dealkylation sites (tertiary alicyclic amines) is 1. The van der Waals surface area contributed by atoms with Crippen LogP contribution in [-0.2, 0) is 16.1 Å². The number of nitrogens with zero attached hydrogens (tertiary/aromatic N) is 3. The van der Waals surface area contributed by atoms with Crippen molar-refractivity contribution in [3.05, 3.63) is 30.1 Å². The Balaban J connectivity index is 1.65. The predicted octanol–water partition coefficient (Wildman–Crippen LogP) is 2.77. The van der Waals surface area contributed by atoms with Crippen LogP contribution in [0.1, 0.15) is 50.3 Å². The summed E-state index contributed by atoms with van der Waals surface area (Å²) in [4.78, 5) is 30.6. The van der Waals surface area contributed by atoms with Crippen LogP contribution in [0, 0.1) is 0 Å². The van der Waals surface area contributed by atoms with Crippen LogP contribution in [-0.4, -0.2) is 44.0 Å². The van der Waals surface area contributed by atoms with Crippen LogP contribution in [0.2, 0.25) is 0 Å². The lowest BCUT2D eigenvalue weighted by molar-refractivity contribution is -0.137. The highest BCUT2D eigenvalue weighted by Crippen LogP contribution is 2.34. The van der Waals surface area contributed by atoms with Gasteiger partial charge >= 0.3 is 5.97 Å². The maximum atomic E-state index is 12.6. The Bertz CT molecular complexity index is 807. The Morgan fingerprint density at radius 1 is 1.20 bits per heavy atom. The molecule has 6 nitrogen and oxygen atoms in total. The van der Waals surface area contributed by atoms with E-state index in [0.717, 1.165) is 29.7 Å². The Morgan fingerprint density at radius 3 is 2.72 bits per heavy atom. The third-order valence-corrected chi connectivity index (χ3v) is 5.52. The monoisotopic (exact) mass is 341 g/mol. The third kappa shape index (κ3) is 3.01. The molecule has 0 spiro atoms. The SMILES string of the molecule is O=C(O)Cn1c([C@H]2CC(=O)N(C3CCCCC3)C2)nc2ccccc21. The van der Waals surface area contributed by atoms with Gasteiger partial charge in [-0.1, -0.05) is 31.4 Å². The number of fused-ring (bicyclic) bond motifs is 1. The van der Waals surface area contributed by atoms with Crippen LogP contribution in [0.3, 0.4) is 0 Å². The molecule has 2 aliphatic rings. The van der Waals surface area contributed by atoms with E-state index in [1.165, 1.54) is 19.3 Å². The average molecular weight is 341 g/mol. The topological polar surface area (TPSA) is 75.4 Å². The quantitative estimate of drug-likeness (QED) is 0.928. The number of carbonyl (C=O) groups is 2. The molecule has 0 bridgehead atoms. The molecule has 4 rings (SSSR count).